The van der Waals surface area contributed by atoms with Crippen LogP contribution in [-0.4, -0.2) is 46.7 Å². The maximum absolute atomic E-state index is 12.5. The van der Waals surface area contributed by atoms with E-state index in [1.165, 1.54) is 0 Å². The zero-order chi connectivity index (χ0) is 18.1. The number of hydrogen-bond acceptors (Lipinski definition) is 3. The molecule has 0 unspecified atom stereocenters. The first-order chi connectivity index (χ1) is 12.6. The third-order valence-electron chi connectivity index (χ3n) is 4.69. The average Bonchev–Trinajstić information content (AvgIpc) is 2.99. The highest BCUT2D eigenvalue weighted by Crippen LogP contribution is 2.22. The van der Waals surface area contributed by atoms with Gasteiger partial charge in [0, 0.05) is 43.4 Å². The molecule has 0 radical (unpaired) electrons. The second-order valence-corrected chi connectivity index (χ2v) is 7.29. The van der Waals surface area contributed by atoms with E-state index in [4.69, 9.17) is 4.98 Å². The first-order valence-corrected chi connectivity index (χ1v) is 9.39. The molecule has 0 bridgehead atoms. The van der Waals surface area contributed by atoms with Gasteiger partial charge in [0.15, 0.2) is 0 Å². The average molecular weight is 414 g/mol. The quantitative estimate of drug-likeness (QED) is 0.696. The summed E-state index contributed by atoms with van der Waals surface area (Å²) < 4.78 is 3.06. The van der Waals surface area contributed by atoms with E-state index in [-0.39, 0.29) is 6.03 Å². The molecule has 26 heavy (non-hydrogen) atoms. The second kappa shape index (κ2) is 6.99. The molecular formula is C19H20BrN5O. The molecule has 3 aromatic rings. The SMILES string of the molecule is Cn1c(N2CCN(C(=O)Nc3cccc(Br)c3)CC2)nc2ccccc21. The number of carbonyl (C=O) groups excluding carboxylic acids is 1. The summed E-state index contributed by atoms with van der Waals surface area (Å²) >= 11 is 3.42. The molecule has 1 N–H and O–H groups in total. The summed E-state index contributed by atoms with van der Waals surface area (Å²) in [6.07, 6.45) is 0. The number of benzene rings is 2. The maximum atomic E-state index is 12.5. The van der Waals surface area contributed by atoms with Crippen LogP contribution in [0.15, 0.2) is 53.0 Å². The molecule has 0 atom stereocenters. The first kappa shape index (κ1) is 16.9. The van der Waals surface area contributed by atoms with Crippen molar-refractivity contribution in [3.8, 4) is 0 Å². The van der Waals surface area contributed by atoms with E-state index < -0.39 is 0 Å². The monoisotopic (exact) mass is 413 g/mol. The Morgan fingerprint density at radius 2 is 1.85 bits per heavy atom. The third-order valence-corrected chi connectivity index (χ3v) is 5.18. The summed E-state index contributed by atoms with van der Waals surface area (Å²) in [4.78, 5) is 21.3. The van der Waals surface area contributed by atoms with E-state index in [9.17, 15) is 4.79 Å². The Kier molecular flexibility index (Phi) is 4.55. The molecule has 0 spiro atoms. The number of carbonyl (C=O) groups is 1. The number of piperazine rings is 1. The smallest absolute Gasteiger partial charge is 0.321 e. The van der Waals surface area contributed by atoms with Crippen molar-refractivity contribution >= 4 is 44.6 Å². The van der Waals surface area contributed by atoms with Gasteiger partial charge in [0.25, 0.3) is 0 Å². The van der Waals surface area contributed by atoms with Crippen molar-refractivity contribution < 1.29 is 4.79 Å². The van der Waals surface area contributed by atoms with Crippen LogP contribution < -0.4 is 10.2 Å². The summed E-state index contributed by atoms with van der Waals surface area (Å²) in [5.41, 5.74) is 2.92. The molecule has 2 aromatic carbocycles. The number of aryl methyl sites for hydroxylation is 1. The van der Waals surface area contributed by atoms with Crippen molar-refractivity contribution in [1.82, 2.24) is 14.5 Å². The number of para-hydroxylation sites is 2. The van der Waals surface area contributed by atoms with Gasteiger partial charge in [-0.15, -0.1) is 0 Å². The molecule has 4 rings (SSSR count). The molecule has 2 heterocycles. The molecular weight excluding hydrogens is 394 g/mol. The van der Waals surface area contributed by atoms with Gasteiger partial charge in [0.05, 0.1) is 11.0 Å². The number of nitrogens with one attached hydrogen (secondary N) is 1. The number of rotatable bonds is 2. The van der Waals surface area contributed by atoms with E-state index in [0.717, 1.165) is 40.2 Å². The van der Waals surface area contributed by atoms with Crippen LogP contribution >= 0.6 is 15.9 Å². The Hall–Kier alpha value is -2.54. The van der Waals surface area contributed by atoms with Gasteiger partial charge in [0.2, 0.25) is 5.95 Å². The summed E-state index contributed by atoms with van der Waals surface area (Å²) in [5.74, 6) is 0.957. The number of fused-ring (bicyclic) bond motifs is 1. The number of nitrogens with zero attached hydrogens (tertiary/aromatic N) is 4. The zero-order valence-electron chi connectivity index (χ0n) is 14.5. The van der Waals surface area contributed by atoms with Crippen LogP contribution in [0.2, 0.25) is 0 Å². The topological polar surface area (TPSA) is 53.4 Å². The van der Waals surface area contributed by atoms with Gasteiger partial charge in [-0.2, -0.15) is 0 Å². The lowest BCUT2D eigenvalue weighted by Gasteiger charge is -2.35. The minimum atomic E-state index is -0.0623. The van der Waals surface area contributed by atoms with E-state index in [0.29, 0.717) is 13.1 Å². The zero-order valence-corrected chi connectivity index (χ0v) is 16.1. The molecule has 6 nitrogen and oxygen atoms in total. The van der Waals surface area contributed by atoms with Crippen LogP contribution in [0.1, 0.15) is 0 Å². The highest BCUT2D eigenvalue weighted by Gasteiger charge is 2.24. The van der Waals surface area contributed by atoms with E-state index in [2.05, 4.69) is 36.8 Å². The first-order valence-electron chi connectivity index (χ1n) is 8.60. The standard InChI is InChI=1S/C19H20BrN5O/c1-23-17-8-3-2-7-16(17)22-18(23)24-9-11-25(12-10-24)19(26)21-15-6-4-5-14(20)13-15/h2-8,13H,9-12H2,1H3,(H,21,26). The minimum Gasteiger partial charge on any atom is -0.339 e. The third kappa shape index (κ3) is 3.26. The maximum Gasteiger partial charge on any atom is 0.321 e. The number of anilines is 2. The highest BCUT2D eigenvalue weighted by molar-refractivity contribution is 9.10. The van der Waals surface area contributed by atoms with Gasteiger partial charge in [-0.1, -0.05) is 34.1 Å². The number of amides is 2. The summed E-state index contributed by atoms with van der Waals surface area (Å²) in [6, 6.07) is 15.7. The summed E-state index contributed by atoms with van der Waals surface area (Å²) in [6.45, 7) is 2.87. The Labute approximate surface area is 160 Å². The van der Waals surface area contributed by atoms with Gasteiger partial charge in [-0.3, -0.25) is 0 Å². The van der Waals surface area contributed by atoms with Crippen LogP contribution in [0.3, 0.4) is 0 Å². The van der Waals surface area contributed by atoms with E-state index >= 15 is 0 Å². The number of halogens is 1. The van der Waals surface area contributed by atoms with Crippen molar-refractivity contribution in [2.45, 2.75) is 0 Å². The second-order valence-electron chi connectivity index (χ2n) is 6.37. The van der Waals surface area contributed by atoms with E-state index in [1.807, 2.05) is 54.4 Å². The number of aromatic nitrogens is 2. The van der Waals surface area contributed by atoms with Gasteiger partial charge in [-0.25, -0.2) is 9.78 Å². The van der Waals surface area contributed by atoms with Crippen LogP contribution in [0.25, 0.3) is 11.0 Å². The molecule has 0 aliphatic carbocycles. The highest BCUT2D eigenvalue weighted by atomic mass is 79.9. The van der Waals surface area contributed by atoms with Crippen LogP contribution in [0, 0.1) is 0 Å². The van der Waals surface area contributed by atoms with Crippen LogP contribution in [-0.2, 0) is 7.05 Å². The Bertz CT molecular complexity index is 946. The molecule has 134 valence electrons. The van der Waals surface area contributed by atoms with Crippen molar-refractivity contribution in [1.29, 1.82) is 0 Å². The predicted molar refractivity (Wildman–Crippen MR) is 108 cm³/mol. The molecule has 1 aliphatic rings. The fourth-order valence-electron chi connectivity index (χ4n) is 3.29. The Balaban J connectivity index is 1.42. The summed E-state index contributed by atoms with van der Waals surface area (Å²) in [7, 11) is 2.04. The Morgan fingerprint density at radius 3 is 2.58 bits per heavy atom. The molecule has 2 amide bonds. The molecule has 1 aromatic heterocycles. The molecule has 7 heteroatoms. The minimum absolute atomic E-state index is 0.0623. The van der Waals surface area contributed by atoms with Gasteiger partial charge in [0.1, 0.15) is 0 Å². The molecule has 1 fully saturated rings. The van der Waals surface area contributed by atoms with Gasteiger partial charge >= 0.3 is 6.03 Å². The van der Waals surface area contributed by atoms with Crippen molar-refractivity contribution in [2.24, 2.45) is 7.05 Å². The number of hydrogen-bond donors (Lipinski definition) is 1. The normalized spacial score (nSPS) is 14.7. The number of imidazole rings is 1. The van der Waals surface area contributed by atoms with Crippen LogP contribution in [0.4, 0.5) is 16.4 Å². The summed E-state index contributed by atoms with van der Waals surface area (Å²) in [5, 5.41) is 2.96. The molecule has 1 saturated heterocycles. The molecule has 0 saturated carbocycles. The van der Waals surface area contributed by atoms with Crippen molar-refractivity contribution in [3.63, 3.8) is 0 Å². The fourth-order valence-corrected chi connectivity index (χ4v) is 3.69. The van der Waals surface area contributed by atoms with Crippen LogP contribution in [0.5, 0.6) is 0 Å². The molecule has 1 aliphatic heterocycles. The van der Waals surface area contributed by atoms with Gasteiger partial charge in [-0.05, 0) is 30.3 Å². The largest absolute Gasteiger partial charge is 0.339 e. The predicted octanol–water partition coefficient (Wildman–Crippen LogP) is 3.69. The van der Waals surface area contributed by atoms with Crippen molar-refractivity contribution in [3.05, 3.63) is 53.0 Å². The fraction of sp³-hybridized carbons (Fsp3) is 0.263. The van der Waals surface area contributed by atoms with E-state index in [1.54, 1.807) is 0 Å². The lowest BCUT2D eigenvalue weighted by molar-refractivity contribution is 0.208. The lowest BCUT2D eigenvalue weighted by Crippen LogP contribution is -2.50. The Morgan fingerprint density at radius 1 is 1.08 bits per heavy atom. The lowest BCUT2D eigenvalue weighted by atomic mass is 10.3. The number of urea groups is 1. The van der Waals surface area contributed by atoms with Gasteiger partial charge < -0.3 is 19.7 Å². The van der Waals surface area contributed by atoms with Crippen molar-refractivity contribution in [2.75, 3.05) is 36.4 Å².